The second-order valence-corrected chi connectivity index (χ2v) is 4.00. The molecule has 0 aromatic carbocycles. The summed E-state index contributed by atoms with van der Waals surface area (Å²) in [4.78, 5) is 0. The van der Waals surface area contributed by atoms with Gasteiger partial charge in [-0.25, -0.2) is 0 Å². The van der Waals surface area contributed by atoms with Crippen LogP contribution in [0.5, 0.6) is 0 Å². The summed E-state index contributed by atoms with van der Waals surface area (Å²) in [6.45, 7) is 5.30. The summed E-state index contributed by atoms with van der Waals surface area (Å²) in [6, 6.07) is 0.422. The second-order valence-electron chi connectivity index (χ2n) is 4.00. The lowest BCUT2D eigenvalue weighted by Gasteiger charge is -2.28. The maximum atomic E-state index is 5.41. The Morgan fingerprint density at radius 2 is 2.29 bits per heavy atom. The van der Waals surface area contributed by atoms with Crippen molar-refractivity contribution >= 4 is 0 Å². The maximum absolute atomic E-state index is 5.41. The van der Waals surface area contributed by atoms with E-state index in [0.717, 1.165) is 6.54 Å². The molecule has 1 N–H and O–H groups in total. The molecule has 0 amide bonds. The van der Waals surface area contributed by atoms with Crippen LogP contribution in [0.4, 0.5) is 0 Å². The lowest BCUT2D eigenvalue weighted by molar-refractivity contribution is 0.0928. The molecule has 0 radical (unpaired) electrons. The Bertz CT molecular complexity index is 189. The summed E-state index contributed by atoms with van der Waals surface area (Å²) in [5, 5.41) is 3.51. The molecule has 0 heterocycles. The number of likely N-dealkylation sites (N-methyl/N-ethyl adjacent to an activating group) is 1. The molecule has 2 heteroatoms. The highest BCUT2D eigenvalue weighted by Gasteiger charge is 2.20. The van der Waals surface area contributed by atoms with Gasteiger partial charge in [0.1, 0.15) is 0 Å². The molecule has 0 aromatic heterocycles. The van der Waals surface area contributed by atoms with Gasteiger partial charge in [-0.05, 0) is 39.2 Å². The van der Waals surface area contributed by atoms with Crippen LogP contribution in [0.15, 0.2) is 11.6 Å². The van der Waals surface area contributed by atoms with Crippen molar-refractivity contribution in [2.45, 2.75) is 51.7 Å². The zero-order chi connectivity index (χ0) is 10.4. The Labute approximate surface area is 87.7 Å². The van der Waals surface area contributed by atoms with E-state index in [9.17, 15) is 0 Å². The van der Waals surface area contributed by atoms with Gasteiger partial charge in [0.05, 0.1) is 12.1 Å². The van der Waals surface area contributed by atoms with E-state index in [-0.39, 0.29) is 6.10 Å². The third-order valence-corrected chi connectivity index (χ3v) is 2.99. The lowest BCUT2D eigenvalue weighted by Crippen LogP contribution is -2.41. The molecule has 2 atom stereocenters. The van der Waals surface area contributed by atoms with Gasteiger partial charge in [0.25, 0.3) is 0 Å². The normalized spacial score (nSPS) is 21.5. The first kappa shape index (κ1) is 11.7. The predicted molar refractivity (Wildman–Crippen MR) is 60.5 cm³/mol. The van der Waals surface area contributed by atoms with Crippen molar-refractivity contribution in [3.05, 3.63) is 11.6 Å². The molecule has 1 aliphatic carbocycles. The van der Waals surface area contributed by atoms with E-state index in [1.165, 1.54) is 25.7 Å². The smallest absolute Gasteiger partial charge is 0.0734 e. The summed E-state index contributed by atoms with van der Waals surface area (Å²) < 4.78 is 5.41. The van der Waals surface area contributed by atoms with Gasteiger partial charge in [0, 0.05) is 7.11 Å². The van der Waals surface area contributed by atoms with Crippen LogP contribution in [0.1, 0.15) is 39.5 Å². The van der Waals surface area contributed by atoms with E-state index in [1.807, 2.05) is 0 Å². The molecule has 0 spiro atoms. The topological polar surface area (TPSA) is 21.3 Å². The van der Waals surface area contributed by atoms with Crippen molar-refractivity contribution < 1.29 is 4.74 Å². The summed E-state index contributed by atoms with van der Waals surface area (Å²) >= 11 is 0. The van der Waals surface area contributed by atoms with E-state index < -0.39 is 0 Å². The minimum atomic E-state index is 0.277. The molecule has 0 aromatic rings. The minimum Gasteiger partial charge on any atom is -0.380 e. The fourth-order valence-corrected chi connectivity index (χ4v) is 2.10. The monoisotopic (exact) mass is 197 g/mol. The van der Waals surface area contributed by atoms with Crippen molar-refractivity contribution in [3.8, 4) is 0 Å². The van der Waals surface area contributed by atoms with Gasteiger partial charge in [-0.3, -0.25) is 0 Å². The van der Waals surface area contributed by atoms with Crippen molar-refractivity contribution in [1.82, 2.24) is 5.32 Å². The molecular weight excluding hydrogens is 174 g/mol. The first-order chi connectivity index (χ1) is 6.79. The highest BCUT2D eigenvalue weighted by Crippen LogP contribution is 2.22. The number of rotatable bonds is 5. The molecule has 0 saturated heterocycles. The Morgan fingerprint density at radius 1 is 1.50 bits per heavy atom. The second kappa shape index (κ2) is 6.20. The molecule has 0 fully saturated rings. The van der Waals surface area contributed by atoms with Gasteiger partial charge < -0.3 is 10.1 Å². The van der Waals surface area contributed by atoms with Crippen molar-refractivity contribution in [2.24, 2.45) is 0 Å². The van der Waals surface area contributed by atoms with Gasteiger partial charge >= 0.3 is 0 Å². The summed E-state index contributed by atoms with van der Waals surface area (Å²) in [7, 11) is 1.79. The number of allylic oxidation sites excluding steroid dienone is 1. The van der Waals surface area contributed by atoms with E-state index in [2.05, 4.69) is 25.2 Å². The fourth-order valence-electron chi connectivity index (χ4n) is 2.10. The molecule has 0 bridgehead atoms. The zero-order valence-corrected chi connectivity index (χ0v) is 9.68. The lowest BCUT2D eigenvalue weighted by atomic mass is 9.91. The van der Waals surface area contributed by atoms with E-state index in [0.29, 0.717) is 6.04 Å². The molecule has 1 aliphatic rings. The quantitative estimate of drug-likeness (QED) is 0.684. The van der Waals surface area contributed by atoms with Crippen LogP contribution in [0.3, 0.4) is 0 Å². The van der Waals surface area contributed by atoms with Crippen LogP contribution in [0.2, 0.25) is 0 Å². The number of nitrogens with one attached hydrogen (secondary N) is 1. The third-order valence-electron chi connectivity index (χ3n) is 2.99. The highest BCUT2D eigenvalue weighted by atomic mass is 16.5. The van der Waals surface area contributed by atoms with Crippen molar-refractivity contribution in [3.63, 3.8) is 0 Å². The average molecular weight is 197 g/mol. The predicted octanol–water partition coefficient (Wildman–Crippen LogP) is 2.50. The number of ether oxygens (including phenoxy) is 1. The SMILES string of the molecule is CCNC(C1=CCCCC1)C(C)OC. The summed E-state index contributed by atoms with van der Waals surface area (Å²) in [6.07, 6.45) is 7.85. The zero-order valence-electron chi connectivity index (χ0n) is 9.68. The molecule has 2 unspecified atom stereocenters. The van der Waals surface area contributed by atoms with Crippen molar-refractivity contribution in [2.75, 3.05) is 13.7 Å². The summed E-state index contributed by atoms with van der Waals surface area (Å²) in [5.41, 5.74) is 1.55. The molecular formula is C12H23NO. The Kier molecular flexibility index (Phi) is 5.20. The van der Waals surface area contributed by atoms with Crippen LogP contribution in [0.25, 0.3) is 0 Å². The largest absolute Gasteiger partial charge is 0.380 e. The molecule has 0 saturated carbocycles. The Hall–Kier alpha value is -0.340. The highest BCUT2D eigenvalue weighted by molar-refractivity contribution is 5.15. The Morgan fingerprint density at radius 3 is 2.79 bits per heavy atom. The van der Waals surface area contributed by atoms with E-state index in [1.54, 1.807) is 12.7 Å². The molecule has 0 aliphatic heterocycles. The van der Waals surface area contributed by atoms with Crippen LogP contribution >= 0.6 is 0 Å². The van der Waals surface area contributed by atoms with Crippen LogP contribution in [-0.2, 0) is 4.74 Å². The minimum absolute atomic E-state index is 0.277. The van der Waals surface area contributed by atoms with Gasteiger partial charge in [0.15, 0.2) is 0 Å². The van der Waals surface area contributed by atoms with Gasteiger partial charge in [-0.2, -0.15) is 0 Å². The number of hydrogen-bond donors (Lipinski definition) is 1. The first-order valence-corrected chi connectivity index (χ1v) is 5.74. The molecule has 82 valence electrons. The Balaban J connectivity index is 2.60. The third kappa shape index (κ3) is 3.10. The molecule has 1 rings (SSSR count). The summed E-state index contributed by atoms with van der Waals surface area (Å²) in [5.74, 6) is 0. The van der Waals surface area contributed by atoms with Crippen LogP contribution in [-0.4, -0.2) is 25.8 Å². The van der Waals surface area contributed by atoms with Crippen LogP contribution < -0.4 is 5.32 Å². The number of methoxy groups -OCH3 is 1. The van der Waals surface area contributed by atoms with Gasteiger partial charge in [-0.15, -0.1) is 0 Å². The van der Waals surface area contributed by atoms with Crippen LogP contribution in [0, 0.1) is 0 Å². The fraction of sp³-hybridized carbons (Fsp3) is 0.833. The number of hydrogen-bond acceptors (Lipinski definition) is 2. The maximum Gasteiger partial charge on any atom is 0.0734 e. The average Bonchev–Trinajstić information content (AvgIpc) is 2.26. The van der Waals surface area contributed by atoms with Gasteiger partial charge in [0.2, 0.25) is 0 Å². The first-order valence-electron chi connectivity index (χ1n) is 5.74. The van der Waals surface area contributed by atoms with E-state index >= 15 is 0 Å². The van der Waals surface area contributed by atoms with Gasteiger partial charge in [-0.1, -0.05) is 18.6 Å². The molecule has 2 nitrogen and oxygen atoms in total. The molecule has 14 heavy (non-hydrogen) atoms. The van der Waals surface area contributed by atoms with Crippen molar-refractivity contribution in [1.29, 1.82) is 0 Å². The van der Waals surface area contributed by atoms with E-state index in [4.69, 9.17) is 4.74 Å². The standard InChI is InChI=1S/C12H23NO/c1-4-13-12(10(2)14-3)11-8-6-5-7-9-11/h8,10,12-13H,4-7,9H2,1-3H3.